The number of nitrogens with zero attached hydrogens (tertiary/aromatic N) is 3. The number of hydrogen-bond donors (Lipinski definition) is 1. The molecule has 6 nitrogen and oxygen atoms in total. The third kappa shape index (κ3) is 2.95. The van der Waals surface area contributed by atoms with Crippen LogP contribution in [0, 0.1) is 12.8 Å². The fraction of sp³-hybridized carbons (Fsp3) is 0.526. The van der Waals surface area contributed by atoms with Crippen molar-refractivity contribution in [3.05, 3.63) is 40.3 Å². The van der Waals surface area contributed by atoms with Crippen LogP contribution in [0.2, 0.25) is 0 Å². The van der Waals surface area contributed by atoms with Gasteiger partial charge in [-0.15, -0.1) is 0 Å². The first-order valence-electron chi connectivity index (χ1n) is 8.94. The molecule has 25 heavy (non-hydrogen) atoms. The fourth-order valence-electron chi connectivity index (χ4n) is 3.94. The Hall–Kier alpha value is -2.21. The molecule has 0 radical (unpaired) electrons. The molecule has 1 aromatic carbocycles. The lowest BCUT2D eigenvalue weighted by Crippen LogP contribution is -2.44. The van der Waals surface area contributed by atoms with Crippen molar-refractivity contribution in [1.29, 1.82) is 0 Å². The van der Waals surface area contributed by atoms with E-state index in [0.717, 1.165) is 36.8 Å². The number of likely N-dealkylation sites (tertiary alicyclic amines) is 1. The molecule has 6 heteroatoms. The molecule has 1 aromatic heterocycles. The standard InChI is InChI=1S/C19H23N3O3/c1-13-15-4-2-3-5-16(15)18(24)22(20-13)12-17(23)21-10-6-14(7-11-21)19(25)8-9-19/h2-5,14,25H,6-12H2,1H3. The van der Waals surface area contributed by atoms with Gasteiger partial charge in [0.05, 0.1) is 16.7 Å². The zero-order chi connectivity index (χ0) is 17.6. The number of aliphatic hydroxyl groups is 1. The van der Waals surface area contributed by atoms with E-state index in [1.807, 2.05) is 25.1 Å². The van der Waals surface area contributed by atoms with E-state index in [4.69, 9.17) is 0 Å². The van der Waals surface area contributed by atoms with Crippen molar-refractivity contribution >= 4 is 16.7 Å². The van der Waals surface area contributed by atoms with E-state index in [1.165, 1.54) is 4.68 Å². The molecule has 1 aliphatic heterocycles. The van der Waals surface area contributed by atoms with E-state index in [-0.39, 0.29) is 18.0 Å². The van der Waals surface area contributed by atoms with Gasteiger partial charge in [0.1, 0.15) is 6.54 Å². The van der Waals surface area contributed by atoms with Crippen molar-refractivity contribution in [3.8, 4) is 0 Å². The fourth-order valence-corrected chi connectivity index (χ4v) is 3.94. The lowest BCUT2D eigenvalue weighted by atomic mass is 9.89. The Labute approximate surface area is 146 Å². The SMILES string of the molecule is Cc1nn(CC(=O)N2CCC(C3(O)CC3)CC2)c(=O)c2ccccc12. The van der Waals surface area contributed by atoms with Crippen molar-refractivity contribution < 1.29 is 9.90 Å². The molecule has 0 spiro atoms. The van der Waals surface area contributed by atoms with E-state index >= 15 is 0 Å². The Morgan fingerprint density at radius 1 is 1.24 bits per heavy atom. The summed E-state index contributed by atoms with van der Waals surface area (Å²) in [5, 5.41) is 16.0. The maximum atomic E-state index is 12.6. The smallest absolute Gasteiger partial charge is 0.275 e. The molecule has 1 saturated heterocycles. The number of piperidine rings is 1. The van der Waals surface area contributed by atoms with Crippen LogP contribution >= 0.6 is 0 Å². The van der Waals surface area contributed by atoms with Crippen LogP contribution in [0.3, 0.4) is 0 Å². The van der Waals surface area contributed by atoms with Crippen LogP contribution in [0.5, 0.6) is 0 Å². The summed E-state index contributed by atoms with van der Waals surface area (Å²) in [7, 11) is 0. The van der Waals surface area contributed by atoms with Crippen LogP contribution in [-0.2, 0) is 11.3 Å². The Morgan fingerprint density at radius 3 is 2.52 bits per heavy atom. The number of carbonyl (C=O) groups excluding carboxylic acids is 1. The van der Waals surface area contributed by atoms with E-state index < -0.39 is 5.60 Å². The van der Waals surface area contributed by atoms with E-state index in [1.54, 1.807) is 11.0 Å². The topological polar surface area (TPSA) is 75.4 Å². The minimum absolute atomic E-state index is 0.0283. The van der Waals surface area contributed by atoms with Gasteiger partial charge in [-0.3, -0.25) is 9.59 Å². The first-order valence-corrected chi connectivity index (χ1v) is 8.94. The maximum Gasteiger partial charge on any atom is 0.275 e. The number of rotatable bonds is 3. The Bertz CT molecular complexity index is 877. The number of benzene rings is 1. The van der Waals surface area contributed by atoms with Gasteiger partial charge in [0.15, 0.2) is 0 Å². The second-order valence-electron chi connectivity index (χ2n) is 7.35. The molecule has 4 rings (SSSR count). The van der Waals surface area contributed by atoms with Gasteiger partial charge in [-0.1, -0.05) is 18.2 Å². The predicted molar refractivity (Wildman–Crippen MR) is 94.2 cm³/mol. The highest BCUT2D eigenvalue weighted by Gasteiger charge is 2.48. The van der Waals surface area contributed by atoms with Crippen LogP contribution < -0.4 is 5.56 Å². The lowest BCUT2D eigenvalue weighted by Gasteiger charge is -2.34. The van der Waals surface area contributed by atoms with Gasteiger partial charge >= 0.3 is 0 Å². The molecular formula is C19H23N3O3. The second-order valence-corrected chi connectivity index (χ2v) is 7.35. The van der Waals surface area contributed by atoms with Crippen molar-refractivity contribution in [2.24, 2.45) is 5.92 Å². The monoisotopic (exact) mass is 341 g/mol. The Kier molecular flexibility index (Phi) is 3.87. The normalized spacial score (nSPS) is 20.0. The Balaban J connectivity index is 1.49. The summed E-state index contributed by atoms with van der Waals surface area (Å²) in [6.45, 7) is 3.12. The molecule has 0 bridgehead atoms. The first kappa shape index (κ1) is 16.3. The van der Waals surface area contributed by atoms with Crippen LogP contribution in [0.1, 0.15) is 31.4 Å². The third-order valence-corrected chi connectivity index (χ3v) is 5.71. The number of carbonyl (C=O) groups is 1. The summed E-state index contributed by atoms with van der Waals surface area (Å²) in [5.41, 5.74) is 0.0534. The average Bonchev–Trinajstić information content (AvgIpc) is 3.38. The number of amides is 1. The van der Waals surface area contributed by atoms with Crippen molar-refractivity contribution in [3.63, 3.8) is 0 Å². The molecule has 1 amide bonds. The van der Waals surface area contributed by atoms with Gasteiger partial charge in [-0.2, -0.15) is 5.10 Å². The maximum absolute atomic E-state index is 12.6. The van der Waals surface area contributed by atoms with Gasteiger partial charge in [-0.05, 0) is 44.6 Å². The molecule has 1 saturated carbocycles. The lowest BCUT2D eigenvalue weighted by molar-refractivity contribution is -0.134. The zero-order valence-electron chi connectivity index (χ0n) is 14.4. The van der Waals surface area contributed by atoms with Crippen LogP contribution in [-0.4, -0.2) is 44.4 Å². The number of hydrogen-bond acceptors (Lipinski definition) is 4. The first-order chi connectivity index (χ1) is 12.0. The summed E-state index contributed by atoms with van der Waals surface area (Å²) in [4.78, 5) is 27.0. The second kappa shape index (κ2) is 5.95. The van der Waals surface area contributed by atoms with E-state index in [0.29, 0.717) is 24.4 Å². The minimum atomic E-state index is -0.469. The highest BCUT2D eigenvalue weighted by atomic mass is 16.3. The van der Waals surface area contributed by atoms with Gasteiger partial charge in [0.2, 0.25) is 5.91 Å². The summed E-state index contributed by atoms with van der Waals surface area (Å²) in [5.74, 6) is 0.228. The van der Waals surface area contributed by atoms with E-state index in [2.05, 4.69) is 5.10 Å². The number of fused-ring (bicyclic) bond motifs is 1. The van der Waals surface area contributed by atoms with Crippen LogP contribution in [0.15, 0.2) is 29.1 Å². The predicted octanol–water partition coefficient (Wildman–Crippen LogP) is 1.47. The van der Waals surface area contributed by atoms with Gasteiger partial charge in [0.25, 0.3) is 5.56 Å². The van der Waals surface area contributed by atoms with Gasteiger partial charge < -0.3 is 10.0 Å². The van der Waals surface area contributed by atoms with E-state index in [9.17, 15) is 14.7 Å². The zero-order valence-corrected chi connectivity index (χ0v) is 14.4. The molecule has 0 atom stereocenters. The molecule has 1 N–H and O–H groups in total. The van der Waals surface area contributed by atoms with Gasteiger partial charge in [0, 0.05) is 18.5 Å². The molecule has 2 aliphatic rings. The number of aryl methyl sites for hydroxylation is 1. The molecule has 0 unspecified atom stereocenters. The van der Waals surface area contributed by atoms with Crippen molar-refractivity contribution in [2.75, 3.05) is 13.1 Å². The van der Waals surface area contributed by atoms with Gasteiger partial charge in [-0.25, -0.2) is 4.68 Å². The summed E-state index contributed by atoms with van der Waals surface area (Å²) in [6.07, 6.45) is 3.45. The molecular weight excluding hydrogens is 318 g/mol. The summed E-state index contributed by atoms with van der Waals surface area (Å²) in [6, 6.07) is 7.35. The summed E-state index contributed by atoms with van der Waals surface area (Å²) < 4.78 is 1.28. The largest absolute Gasteiger partial charge is 0.390 e. The average molecular weight is 341 g/mol. The van der Waals surface area contributed by atoms with Crippen molar-refractivity contribution in [1.82, 2.24) is 14.7 Å². The minimum Gasteiger partial charge on any atom is -0.390 e. The Morgan fingerprint density at radius 2 is 1.88 bits per heavy atom. The molecule has 132 valence electrons. The van der Waals surface area contributed by atoms with Crippen molar-refractivity contribution in [2.45, 2.75) is 44.8 Å². The molecule has 2 heterocycles. The quantitative estimate of drug-likeness (QED) is 0.917. The highest BCUT2D eigenvalue weighted by Crippen LogP contribution is 2.46. The third-order valence-electron chi connectivity index (χ3n) is 5.71. The molecule has 1 aliphatic carbocycles. The molecule has 2 fully saturated rings. The summed E-state index contributed by atoms with van der Waals surface area (Å²) >= 11 is 0. The highest BCUT2D eigenvalue weighted by molar-refractivity contribution is 5.83. The number of aromatic nitrogens is 2. The van der Waals surface area contributed by atoms with Crippen LogP contribution in [0.25, 0.3) is 10.8 Å². The van der Waals surface area contributed by atoms with Crippen LogP contribution in [0.4, 0.5) is 0 Å². The molecule has 2 aromatic rings.